The van der Waals surface area contributed by atoms with Crippen LogP contribution in [0.2, 0.25) is 0 Å². The summed E-state index contributed by atoms with van der Waals surface area (Å²) in [5.74, 6) is 0.522. The van der Waals surface area contributed by atoms with Gasteiger partial charge in [0.1, 0.15) is 6.26 Å². The van der Waals surface area contributed by atoms with Gasteiger partial charge in [-0.3, -0.25) is 4.79 Å². The predicted octanol–water partition coefficient (Wildman–Crippen LogP) is 3.69. The Hall–Kier alpha value is -2.88. The third kappa shape index (κ3) is 2.95. The molecule has 1 aromatic heterocycles. The number of aryl methyl sites for hydroxylation is 1. The van der Waals surface area contributed by atoms with Gasteiger partial charge < -0.3 is 9.73 Å². The average Bonchev–Trinajstić information content (AvgIpc) is 3.23. The van der Waals surface area contributed by atoms with Crippen LogP contribution in [-0.4, -0.2) is 10.9 Å². The SMILES string of the molecule is O=C(Cc1coc(-c2ccccc2)n1)NC1CCc2ccccc21. The summed E-state index contributed by atoms with van der Waals surface area (Å²) < 4.78 is 5.49. The van der Waals surface area contributed by atoms with E-state index in [1.807, 2.05) is 42.5 Å². The minimum Gasteiger partial charge on any atom is -0.444 e. The van der Waals surface area contributed by atoms with Crippen LogP contribution >= 0.6 is 0 Å². The van der Waals surface area contributed by atoms with Crippen molar-refractivity contribution in [3.63, 3.8) is 0 Å². The first-order valence-electron chi connectivity index (χ1n) is 8.16. The minimum absolute atomic E-state index is 0.0235. The number of carbonyl (C=O) groups is 1. The second-order valence-corrected chi connectivity index (χ2v) is 6.04. The maximum Gasteiger partial charge on any atom is 0.226 e. The number of hydrogen-bond donors (Lipinski definition) is 1. The van der Waals surface area contributed by atoms with Crippen LogP contribution in [0.3, 0.4) is 0 Å². The van der Waals surface area contributed by atoms with E-state index in [2.05, 4.69) is 22.4 Å². The molecule has 1 atom stereocenters. The highest BCUT2D eigenvalue weighted by molar-refractivity contribution is 5.78. The summed E-state index contributed by atoms with van der Waals surface area (Å²) in [4.78, 5) is 16.7. The molecule has 0 radical (unpaired) electrons. The van der Waals surface area contributed by atoms with Crippen LogP contribution < -0.4 is 5.32 Å². The summed E-state index contributed by atoms with van der Waals surface area (Å²) in [6, 6.07) is 18.1. The van der Waals surface area contributed by atoms with Crippen LogP contribution in [-0.2, 0) is 17.6 Å². The third-order valence-electron chi connectivity index (χ3n) is 4.38. The largest absolute Gasteiger partial charge is 0.444 e. The van der Waals surface area contributed by atoms with Crippen molar-refractivity contribution in [3.05, 3.63) is 77.7 Å². The summed E-state index contributed by atoms with van der Waals surface area (Å²) in [7, 11) is 0. The van der Waals surface area contributed by atoms with Gasteiger partial charge in [-0.1, -0.05) is 42.5 Å². The van der Waals surface area contributed by atoms with Gasteiger partial charge in [-0.25, -0.2) is 4.98 Å². The van der Waals surface area contributed by atoms with Gasteiger partial charge in [0.2, 0.25) is 11.8 Å². The van der Waals surface area contributed by atoms with E-state index < -0.39 is 0 Å². The third-order valence-corrected chi connectivity index (χ3v) is 4.38. The first-order valence-corrected chi connectivity index (χ1v) is 8.16. The lowest BCUT2D eigenvalue weighted by atomic mass is 10.1. The number of aromatic nitrogens is 1. The number of oxazole rings is 1. The van der Waals surface area contributed by atoms with Gasteiger partial charge in [-0.15, -0.1) is 0 Å². The van der Waals surface area contributed by atoms with Gasteiger partial charge in [-0.2, -0.15) is 0 Å². The quantitative estimate of drug-likeness (QED) is 0.798. The van der Waals surface area contributed by atoms with Gasteiger partial charge in [-0.05, 0) is 36.1 Å². The fourth-order valence-corrected chi connectivity index (χ4v) is 3.22. The van der Waals surface area contributed by atoms with Crippen molar-refractivity contribution in [2.75, 3.05) is 0 Å². The van der Waals surface area contributed by atoms with Crippen LogP contribution in [0.15, 0.2) is 65.3 Å². The summed E-state index contributed by atoms with van der Waals surface area (Å²) in [6.07, 6.45) is 3.77. The molecular formula is C20H18N2O2. The predicted molar refractivity (Wildman–Crippen MR) is 91.3 cm³/mol. The Labute approximate surface area is 140 Å². The van der Waals surface area contributed by atoms with E-state index in [0.717, 1.165) is 18.4 Å². The van der Waals surface area contributed by atoms with E-state index in [4.69, 9.17) is 4.42 Å². The Bertz CT molecular complexity index is 855. The van der Waals surface area contributed by atoms with Crippen LogP contribution in [0, 0.1) is 0 Å². The van der Waals surface area contributed by atoms with Gasteiger partial charge in [0.05, 0.1) is 18.2 Å². The molecule has 1 amide bonds. The molecule has 3 aromatic rings. The Morgan fingerprint density at radius 3 is 2.79 bits per heavy atom. The van der Waals surface area contributed by atoms with Crippen molar-refractivity contribution < 1.29 is 9.21 Å². The van der Waals surface area contributed by atoms with Crippen molar-refractivity contribution >= 4 is 5.91 Å². The highest BCUT2D eigenvalue weighted by Gasteiger charge is 2.23. The van der Waals surface area contributed by atoms with Crippen LogP contribution in [0.5, 0.6) is 0 Å². The highest BCUT2D eigenvalue weighted by atomic mass is 16.3. The summed E-state index contributed by atoms with van der Waals surface area (Å²) in [5.41, 5.74) is 4.12. The standard InChI is InChI=1S/C20H18N2O2/c23-19(22-18-11-10-14-6-4-5-9-17(14)18)12-16-13-24-20(21-16)15-7-2-1-3-8-15/h1-9,13,18H,10-12H2,(H,22,23). The Morgan fingerprint density at radius 1 is 1.12 bits per heavy atom. The van der Waals surface area contributed by atoms with Crippen molar-refractivity contribution in [1.29, 1.82) is 0 Å². The second kappa shape index (κ2) is 6.32. The number of benzene rings is 2. The molecule has 0 bridgehead atoms. The molecule has 0 saturated heterocycles. The number of rotatable bonds is 4. The van der Waals surface area contributed by atoms with Crippen molar-refractivity contribution in [2.45, 2.75) is 25.3 Å². The van der Waals surface area contributed by atoms with Gasteiger partial charge in [0.25, 0.3) is 0 Å². The maximum absolute atomic E-state index is 12.3. The first kappa shape index (κ1) is 14.7. The number of carbonyl (C=O) groups excluding carboxylic acids is 1. The summed E-state index contributed by atoms with van der Waals surface area (Å²) >= 11 is 0. The van der Waals surface area contributed by atoms with E-state index in [9.17, 15) is 4.79 Å². The molecule has 0 spiro atoms. The lowest BCUT2D eigenvalue weighted by Gasteiger charge is -2.13. The molecule has 4 rings (SSSR count). The maximum atomic E-state index is 12.3. The van der Waals surface area contributed by atoms with Crippen LogP contribution in [0.25, 0.3) is 11.5 Å². The molecule has 1 unspecified atom stereocenters. The van der Waals surface area contributed by atoms with Crippen LogP contribution in [0.4, 0.5) is 0 Å². The van der Waals surface area contributed by atoms with E-state index in [1.165, 1.54) is 11.1 Å². The smallest absolute Gasteiger partial charge is 0.226 e. The molecule has 1 heterocycles. The zero-order valence-electron chi connectivity index (χ0n) is 13.2. The van der Waals surface area contributed by atoms with E-state index in [-0.39, 0.29) is 18.4 Å². The molecule has 2 aromatic carbocycles. The lowest BCUT2D eigenvalue weighted by molar-refractivity contribution is -0.121. The fourth-order valence-electron chi connectivity index (χ4n) is 3.22. The number of amides is 1. The fraction of sp³-hybridized carbons (Fsp3) is 0.200. The molecule has 1 aliphatic rings. The highest BCUT2D eigenvalue weighted by Crippen LogP contribution is 2.30. The molecule has 4 nitrogen and oxygen atoms in total. The number of nitrogens with zero attached hydrogens (tertiary/aromatic N) is 1. The van der Waals surface area contributed by atoms with Gasteiger partial charge in [0.15, 0.2) is 0 Å². The normalized spacial score (nSPS) is 15.9. The molecule has 0 fully saturated rings. The molecule has 120 valence electrons. The minimum atomic E-state index is -0.0235. The Morgan fingerprint density at radius 2 is 1.92 bits per heavy atom. The van der Waals surface area contributed by atoms with E-state index in [0.29, 0.717) is 11.6 Å². The zero-order valence-corrected chi connectivity index (χ0v) is 13.2. The zero-order chi connectivity index (χ0) is 16.4. The molecule has 0 aliphatic heterocycles. The molecule has 4 heteroatoms. The number of fused-ring (bicyclic) bond motifs is 1. The molecule has 1 aliphatic carbocycles. The summed E-state index contributed by atoms with van der Waals surface area (Å²) in [6.45, 7) is 0. The second-order valence-electron chi connectivity index (χ2n) is 6.04. The molecule has 0 saturated carbocycles. The van der Waals surface area contributed by atoms with Crippen molar-refractivity contribution in [2.24, 2.45) is 0 Å². The number of nitrogens with one attached hydrogen (secondary N) is 1. The van der Waals surface area contributed by atoms with Crippen LogP contribution in [0.1, 0.15) is 29.3 Å². The van der Waals surface area contributed by atoms with Gasteiger partial charge >= 0.3 is 0 Å². The van der Waals surface area contributed by atoms with E-state index >= 15 is 0 Å². The van der Waals surface area contributed by atoms with E-state index in [1.54, 1.807) is 6.26 Å². The molecule has 1 N–H and O–H groups in total. The van der Waals surface area contributed by atoms with Gasteiger partial charge in [0, 0.05) is 5.56 Å². The average molecular weight is 318 g/mol. The number of hydrogen-bond acceptors (Lipinski definition) is 3. The Kier molecular flexibility index (Phi) is 3.87. The summed E-state index contributed by atoms with van der Waals surface area (Å²) in [5, 5.41) is 3.11. The molecular weight excluding hydrogens is 300 g/mol. The van der Waals surface area contributed by atoms with Crippen molar-refractivity contribution in [3.8, 4) is 11.5 Å². The lowest BCUT2D eigenvalue weighted by Crippen LogP contribution is -2.28. The first-order chi connectivity index (χ1) is 11.8. The molecule has 24 heavy (non-hydrogen) atoms. The van der Waals surface area contributed by atoms with Crippen molar-refractivity contribution in [1.82, 2.24) is 10.3 Å². The topological polar surface area (TPSA) is 55.1 Å². The monoisotopic (exact) mass is 318 g/mol. The Balaban J connectivity index is 1.42.